The summed E-state index contributed by atoms with van der Waals surface area (Å²) in [4.78, 5) is 24.1. The van der Waals surface area contributed by atoms with Crippen LogP contribution in [0.1, 0.15) is 23.6 Å². The summed E-state index contributed by atoms with van der Waals surface area (Å²) in [5.74, 6) is -0.449. The van der Waals surface area contributed by atoms with Crippen molar-refractivity contribution in [3.8, 4) is 5.75 Å². The Bertz CT molecular complexity index is 982. The fraction of sp³-hybridized carbons (Fsp3) is 0.333. The van der Waals surface area contributed by atoms with E-state index in [-0.39, 0.29) is 11.5 Å². The van der Waals surface area contributed by atoms with Crippen LogP contribution in [0, 0.1) is 13.8 Å². The first kappa shape index (κ1) is 23.4. The third-order valence-corrected chi connectivity index (χ3v) is 5.31. The fourth-order valence-corrected chi connectivity index (χ4v) is 3.28. The number of nitrogens with one attached hydrogen (secondary N) is 1. The summed E-state index contributed by atoms with van der Waals surface area (Å²) in [6, 6.07) is 11.7. The van der Waals surface area contributed by atoms with Crippen molar-refractivity contribution in [3.63, 3.8) is 0 Å². The zero-order valence-corrected chi connectivity index (χ0v) is 18.0. The number of aryl methyl sites for hydroxylation is 2. The van der Waals surface area contributed by atoms with Crippen LogP contribution in [0.4, 0.5) is 0 Å². The molecule has 0 aromatic heterocycles. The highest BCUT2D eigenvalue weighted by Crippen LogP contribution is 2.22. The molecule has 0 saturated heterocycles. The minimum atomic E-state index is -3.73. The Hall–Kier alpha value is -2.91. The highest BCUT2D eigenvalue weighted by atomic mass is 32.2. The smallest absolute Gasteiger partial charge is 0.344 e. The zero-order valence-electron chi connectivity index (χ0n) is 17.2. The predicted octanol–water partition coefficient (Wildman–Crippen LogP) is 1.62. The summed E-state index contributed by atoms with van der Waals surface area (Å²) >= 11 is 0. The lowest BCUT2D eigenvalue weighted by atomic mass is 10.1. The molecule has 0 bridgehead atoms. The number of hydrogen-bond donors (Lipinski definition) is 2. The minimum absolute atomic E-state index is 0.0268. The van der Waals surface area contributed by atoms with E-state index in [0.29, 0.717) is 18.7 Å². The second-order valence-electron chi connectivity index (χ2n) is 6.87. The molecule has 1 unspecified atom stereocenters. The van der Waals surface area contributed by atoms with Crippen molar-refractivity contribution in [2.24, 2.45) is 5.14 Å². The molecule has 30 heavy (non-hydrogen) atoms. The quantitative estimate of drug-likeness (QED) is 0.578. The molecule has 2 rings (SSSR count). The SMILES string of the molecule is Cc1cccc(C)c1OCC(=O)OC(C)C(=O)NCCc1ccc(S(N)(=O)=O)cc1. The van der Waals surface area contributed by atoms with Gasteiger partial charge in [-0.3, -0.25) is 4.79 Å². The first-order valence-corrected chi connectivity index (χ1v) is 10.9. The highest BCUT2D eigenvalue weighted by Gasteiger charge is 2.18. The van der Waals surface area contributed by atoms with Crippen molar-refractivity contribution in [2.75, 3.05) is 13.2 Å². The van der Waals surface area contributed by atoms with Crippen LogP contribution in [0.5, 0.6) is 5.75 Å². The Morgan fingerprint density at radius 2 is 1.67 bits per heavy atom. The van der Waals surface area contributed by atoms with Gasteiger partial charge in [0.15, 0.2) is 12.7 Å². The molecule has 0 aliphatic carbocycles. The molecule has 0 spiro atoms. The number of carbonyl (C=O) groups is 2. The van der Waals surface area contributed by atoms with E-state index in [0.717, 1.165) is 16.7 Å². The lowest BCUT2D eigenvalue weighted by Gasteiger charge is -2.15. The molecule has 0 heterocycles. The molecule has 0 fully saturated rings. The van der Waals surface area contributed by atoms with Crippen molar-refractivity contribution in [1.82, 2.24) is 5.32 Å². The van der Waals surface area contributed by atoms with Crippen molar-refractivity contribution >= 4 is 21.9 Å². The van der Waals surface area contributed by atoms with Crippen LogP contribution in [0.25, 0.3) is 0 Å². The number of carbonyl (C=O) groups excluding carboxylic acids is 2. The average molecular weight is 435 g/mol. The van der Waals surface area contributed by atoms with Crippen LogP contribution < -0.4 is 15.2 Å². The Balaban J connectivity index is 1.75. The largest absolute Gasteiger partial charge is 0.481 e. The Labute approximate surface area is 176 Å². The maximum absolute atomic E-state index is 12.1. The summed E-state index contributed by atoms with van der Waals surface area (Å²) in [6.45, 7) is 5.25. The van der Waals surface area contributed by atoms with Gasteiger partial charge in [0.2, 0.25) is 10.0 Å². The van der Waals surface area contributed by atoms with Crippen molar-refractivity contribution in [3.05, 3.63) is 59.2 Å². The van der Waals surface area contributed by atoms with E-state index in [2.05, 4.69) is 5.32 Å². The molecular weight excluding hydrogens is 408 g/mol. The van der Waals surface area contributed by atoms with Gasteiger partial charge >= 0.3 is 5.97 Å². The second kappa shape index (κ2) is 10.2. The monoisotopic (exact) mass is 434 g/mol. The van der Waals surface area contributed by atoms with Gasteiger partial charge < -0.3 is 14.8 Å². The topological polar surface area (TPSA) is 125 Å². The molecule has 0 saturated carbocycles. The Morgan fingerprint density at radius 1 is 1.07 bits per heavy atom. The van der Waals surface area contributed by atoms with E-state index in [1.54, 1.807) is 12.1 Å². The van der Waals surface area contributed by atoms with Gasteiger partial charge in [-0.05, 0) is 56.0 Å². The molecule has 3 N–H and O–H groups in total. The van der Waals surface area contributed by atoms with E-state index < -0.39 is 28.0 Å². The number of rotatable bonds is 9. The molecule has 0 aliphatic rings. The molecule has 0 aliphatic heterocycles. The normalized spacial score (nSPS) is 12.1. The number of primary sulfonamides is 1. The Morgan fingerprint density at radius 3 is 2.23 bits per heavy atom. The Kier molecular flexibility index (Phi) is 7.96. The number of ether oxygens (including phenoxy) is 2. The average Bonchev–Trinajstić information content (AvgIpc) is 2.67. The van der Waals surface area contributed by atoms with Gasteiger partial charge in [0, 0.05) is 6.54 Å². The van der Waals surface area contributed by atoms with Crippen LogP contribution in [0.2, 0.25) is 0 Å². The molecule has 8 nitrogen and oxygen atoms in total. The van der Waals surface area contributed by atoms with Crippen LogP contribution in [-0.2, 0) is 30.8 Å². The molecule has 2 aromatic carbocycles. The third-order valence-electron chi connectivity index (χ3n) is 4.39. The molecule has 0 radical (unpaired) electrons. The number of benzene rings is 2. The van der Waals surface area contributed by atoms with Crippen LogP contribution in [0.15, 0.2) is 47.4 Å². The standard InChI is InChI=1S/C21H26N2O6S/c1-14-5-4-6-15(2)20(14)28-13-19(24)29-16(3)21(25)23-12-11-17-7-9-18(10-8-17)30(22,26)27/h4-10,16H,11-13H2,1-3H3,(H,23,25)(H2,22,26,27). The van der Waals surface area contributed by atoms with E-state index in [1.807, 2.05) is 32.0 Å². The van der Waals surface area contributed by atoms with E-state index in [9.17, 15) is 18.0 Å². The third kappa shape index (κ3) is 6.85. The van der Waals surface area contributed by atoms with Gasteiger partial charge in [0.25, 0.3) is 5.91 Å². The lowest BCUT2D eigenvalue weighted by Crippen LogP contribution is -2.37. The van der Waals surface area contributed by atoms with Gasteiger partial charge in [0.1, 0.15) is 5.75 Å². The van der Waals surface area contributed by atoms with E-state index in [1.165, 1.54) is 19.1 Å². The van der Waals surface area contributed by atoms with Crippen molar-refractivity contribution in [2.45, 2.75) is 38.2 Å². The molecule has 9 heteroatoms. The van der Waals surface area contributed by atoms with E-state index >= 15 is 0 Å². The van der Waals surface area contributed by atoms with Crippen molar-refractivity contribution in [1.29, 1.82) is 0 Å². The minimum Gasteiger partial charge on any atom is -0.481 e. The summed E-state index contributed by atoms with van der Waals surface area (Å²) in [7, 11) is -3.73. The number of hydrogen-bond acceptors (Lipinski definition) is 6. The van der Waals surface area contributed by atoms with Crippen LogP contribution in [0.3, 0.4) is 0 Å². The van der Waals surface area contributed by atoms with Crippen LogP contribution in [-0.4, -0.2) is 39.5 Å². The molecule has 1 amide bonds. The summed E-state index contributed by atoms with van der Waals surface area (Å²) in [6.07, 6.45) is -0.490. The number of nitrogens with two attached hydrogens (primary N) is 1. The first-order valence-electron chi connectivity index (χ1n) is 9.36. The first-order chi connectivity index (χ1) is 14.1. The number of para-hydroxylation sites is 1. The maximum Gasteiger partial charge on any atom is 0.344 e. The molecule has 2 aromatic rings. The lowest BCUT2D eigenvalue weighted by molar-refractivity contribution is -0.156. The van der Waals surface area contributed by atoms with Crippen molar-refractivity contribution < 1.29 is 27.5 Å². The second-order valence-corrected chi connectivity index (χ2v) is 8.43. The number of sulfonamides is 1. The summed E-state index contributed by atoms with van der Waals surface area (Å²) < 4.78 is 33.1. The van der Waals surface area contributed by atoms with Gasteiger partial charge in [0.05, 0.1) is 4.90 Å². The highest BCUT2D eigenvalue weighted by molar-refractivity contribution is 7.89. The maximum atomic E-state index is 12.1. The predicted molar refractivity (Wildman–Crippen MR) is 111 cm³/mol. The number of amides is 1. The van der Waals surface area contributed by atoms with E-state index in [4.69, 9.17) is 14.6 Å². The van der Waals surface area contributed by atoms with Gasteiger partial charge in [-0.1, -0.05) is 30.3 Å². The van der Waals surface area contributed by atoms with Crippen LogP contribution >= 0.6 is 0 Å². The number of esters is 1. The van der Waals surface area contributed by atoms with Gasteiger partial charge in [-0.2, -0.15) is 0 Å². The van der Waals surface area contributed by atoms with Gasteiger partial charge in [-0.25, -0.2) is 18.4 Å². The molecule has 1 atom stereocenters. The molecular formula is C21H26N2O6S. The zero-order chi connectivity index (χ0) is 22.3. The summed E-state index contributed by atoms with van der Waals surface area (Å²) in [5.41, 5.74) is 2.64. The fourth-order valence-electron chi connectivity index (χ4n) is 2.76. The molecule has 162 valence electrons. The summed E-state index contributed by atoms with van der Waals surface area (Å²) in [5, 5.41) is 7.73. The van der Waals surface area contributed by atoms with Gasteiger partial charge in [-0.15, -0.1) is 0 Å².